The van der Waals surface area contributed by atoms with Gasteiger partial charge in [0.05, 0.1) is 12.1 Å². The highest BCUT2D eigenvalue weighted by Crippen LogP contribution is 2.28. The van der Waals surface area contributed by atoms with Crippen molar-refractivity contribution in [3.63, 3.8) is 0 Å². The van der Waals surface area contributed by atoms with E-state index in [0.29, 0.717) is 6.42 Å². The van der Waals surface area contributed by atoms with Crippen LogP contribution in [0.2, 0.25) is 0 Å². The zero-order valence-corrected chi connectivity index (χ0v) is 12.3. The van der Waals surface area contributed by atoms with Gasteiger partial charge >= 0.3 is 0 Å². The SMILES string of the molecule is CC(=O)N(O)[C@H]1C=C[C@@H](C(O)/C(C)=C/c2ccccc2)C1. The van der Waals surface area contributed by atoms with Crippen LogP contribution in [0.15, 0.2) is 48.1 Å². The molecule has 1 aliphatic carbocycles. The first-order valence-electron chi connectivity index (χ1n) is 7.07. The molecule has 0 saturated heterocycles. The molecule has 0 fully saturated rings. The number of rotatable bonds is 4. The number of nitrogens with zero attached hydrogens (tertiary/aromatic N) is 1. The molecule has 0 bridgehead atoms. The second-order valence-electron chi connectivity index (χ2n) is 5.46. The highest BCUT2D eigenvalue weighted by Gasteiger charge is 2.30. The van der Waals surface area contributed by atoms with E-state index in [-0.39, 0.29) is 12.0 Å². The molecule has 0 aromatic heterocycles. The predicted molar refractivity (Wildman–Crippen MR) is 81.4 cm³/mol. The molecule has 112 valence electrons. The molecule has 1 aromatic carbocycles. The largest absolute Gasteiger partial charge is 0.388 e. The standard InChI is InChI=1S/C17H21NO3/c1-12(10-14-6-4-3-5-7-14)17(20)15-8-9-16(11-15)18(21)13(2)19/h3-10,15-17,20-21H,11H2,1-2H3/b12-10+/t15-,16+,17?/m1/s1. The number of amides is 1. The predicted octanol–water partition coefficient (Wildman–Crippen LogP) is 2.63. The lowest BCUT2D eigenvalue weighted by Crippen LogP contribution is -2.35. The maximum atomic E-state index is 11.2. The molecule has 1 amide bonds. The van der Waals surface area contributed by atoms with Gasteiger partial charge in [0.2, 0.25) is 5.91 Å². The summed E-state index contributed by atoms with van der Waals surface area (Å²) in [6.45, 7) is 3.21. The summed E-state index contributed by atoms with van der Waals surface area (Å²) in [6.07, 6.45) is 5.49. The number of hydrogen-bond acceptors (Lipinski definition) is 3. The monoisotopic (exact) mass is 287 g/mol. The van der Waals surface area contributed by atoms with E-state index in [1.165, 1.54) is 6.92 Å². The molecule has 3 atom stereocenters. The van der Waals surface area contributed by atoms with E-state index in [2.05, 4.69) is 0 Å². The fourth-order valence-corrected chi connectivity index (χ4v) is 2.59. The number of benzene rings is 1. The Kier molecular flexibility index (Phi) is 4.94. The molecular weight excluding hydrogens is 266 g/mol. The third kappa shape index (κ3) is 3.80. The molecule has 4 heteroatoms. The van der Waals surface area contributed by atoms with Crippen molar-refractivity contribution in [3.05, 3.63) is 53.6 Å². The van der Waals surface area contributed by atoms with E-state index in [0.717, 1.165) is 16.2 Å². The number of carbonyl (C=O) groups is 1. The fraction of sp³-hybridized carbons (Fsp3) is 0.353. The van der Waals surface area contributed by atoms with Crippen LogP contribution in [0.25, 0.3) is 6.08 Å². The molecule has 1 unspecified atom stereocenters. The summed E-state index contributed by atoms with van der Waals surface area (Å²) in [5.74, 6) is -0.486. The molecule has 2 N–H and O–H groups in total. The third-order valence-corrected chi connectivity index (χ3v) is 3.80. The summed E-state index contributed by atoms with van der Waals surface area (Å²) in [7, 11) is 0. The molecule has 21 heavy (non-hydrogen) atoms. The molecule has 0 radical (unpaired) electrons. The maximum absolute atomic E-state index is 11.2. The summed E-state index contributed by atoms with van der Waals surface area (Å²) in [4.78, 5) is 11.2. The van der Waals surface area contributed by atoms with Gasteiger partial charge in [-0.2, -0.15) is 0 Å². The number of hydrogen-bond donors (Lipinski definition) is 2. The van der Waals surface area contributed by atoms with Crippen molar-refractivity contribution in [1.29, 1.82) is 0 Å². The topological polar surface area (TPSA) is 60.8 Å². The van der Waals surface area contributed by atoms with Gasteiger partial charge < -0.3 is 5.11 Å². The maximum Gasteiger partial charge on any atom is 0.243 e. The van der Waals surface area contributed by atoms with Crippen LogP contribution in [-0.2, 0) is 4.79 Å². The van der Waals surface area contributed by atoms with Gasteiger partial charge in [0.25, 0.3) is 0 Å². The lowest BCUT2D eigenvalue weighted by molar-refractivity contribution is -0.169. The lowest BCUT2D eigenvalue weighted by Gasteiger charge is -2.23. The summed E-state index contributed by atoms with van der Waals surface area (Å²) in [5.41, 5.74) is 1.91. The van der Waals surface area contributed by atoms with E-state index in [1.54, 1.807) is 6.08 Å². The Balaban J connectivity index is 2.02. The Morgan fingerprint density at radius 1 is 1.29 bits per heavy atom. The van der Waals surface area contributed by atoms with E-state index in [9.17, 15) is 15.1 Å². The number of aliphatic hydroxyl groups is 1. The zero-order valence-electron chi connectivity index (χ0n) is 12.3. The fourth-order valence-electron chi connectivity index (χ4n) is 2.59. The van der Waals surface area contributed by atoms with Crippen LogP contribution in [0.1, 0.15) is 25.8 Å². The van der Waals surface area contributed by atoms with Gasteiger partial charge in [0.1, 0.15) is 0 Å². The zero-order chi connectivity index (χ0) is 15.4. The van der Waals surface area contributed by atoms with Gasteiger partial charge in [-0.1, -0.05) is 48.6 Å². The van der Waals surface area contributed by atoms with Gasteiger partial charge in [-0.15, -0.1) is 0 Å². The molecule has 1 aliphatic rings. The van der Waals surface area contributed by atoms with Gasteiger partial charge in [0, 0.05) is 12.8 Å². The first-order valence-corrected chi connectivity index (χ1v) is 7.07. The Labute approximate surface area is 125 Å². The Morgan fingerprint density at radius 3 is 2.57 bits per heavy atom. The number of carbonyl (C=O) groups excluding carboxylic acids is 1. The van der Waals surface area contributed by atoms with Crippen molar-refractivity contribution in [2.24, 2.45) is 5.92 Å². The quantitative estimate of drug-likeness (QED) is 0.508. The lowest BCUT2D eigenvalue weighted by atomic mass is 9.94. The third-order valence-electron chi connectivity index (χ3n) is 3.80. The van der Waals surface area contributed by atoms with Gasteiger partial charge in [-0.05, 0) is 24.5 Å². The van der Waals surface area contributed by atoms with Crippen LogP contribution in [-0.4, -0.2) is 33.4 Å². The first-order chi connectivity index (χ1) is 9.99. The van der Waals surface area contributed by atoms with Crippen LogP contribution < -0.4 is 0 Å². The Bertz CT molecular complexity index is 550. The molecule has 0 heterocycles. The summed E-state index contributed by atoms with van der Waals surface area (Å²) < 4.78 is 0. The minimum absolute atomic E-state index is 0.0936. The van der Waals surface area contributed by atoms with Crippen LogP contribution in [0.3, 0.4) is 0 Å². The first kappa shape index (κ1) is 15.5. The molecule has 1 aromatic rings. The van der Waals surface area contributed by atoms with E-state index < -0.39 is 12.0 Å². The van der Waals surface area contributed by atoms with E-state index >= 15 is 0 Å². The Hall–Kier alpha value is -1.91. The second kappa shape index (κ2) is 6.70. The van der Waals surface area contributed by atoms with Gasteiger partial charge in [-0.3, -0.25) is 10.0 Å². The van der Waals surface area contributed by atoms with Crippen molar-refractivity contribution in [3.8, 4) is 0 Å². The molecule has 2 rings (SSSR count). The Morgan fingerprint density at radius 2 is 1.95 bits per heavy atom. The van der Waals surface area contributed by atoms with Crippen molar-refractivity contribution < 1.29 is 15.1 Å². The molecule has 0 saturated carbocycles. The molecule has 0 aliphatic heterocycles. The normalized spacial score (nSPS) is 23.1. The second-order valence-corrected chi connectivity index (χ2v) is 5.46. The minimum atomic E-state index is -0.619. The average molecular weight is 287 g/mol. The van der Waals surface area contributed by atoms with Crippen LogP contribution in [0.4, 0.5) is 0 Å². The summed E-state index contributed by atoms with van der Waals surface area (Å²) >= 11 is 0. The van der Waals surface area contributed by atoms with E-state index in [1.807, 2.05) is 49.4 Å². The van der Waals surface area contributed by atoms with Crippen LogP contribution in [0, 0.1) is 5.92 Å². The number of hydroxylamine groups is 2. The summed E-state index contributed by atoms with van der Waals surface area (Å²) in [5, 5.41) is 20.8. The van der Waals surface area contributed by atoms with Crippen LogP contribution in [0.5, 0.6) is 0 Å². The molecular formula is C17H21NO3. The van der Waals surface area contributed by atoms with Gasteiger partial charge in [-0.25, -0.2) is 5.06 Å². The van der Waals surface area contributed by atoms with Crippen LogP contribution >= 0.6 is 0 Å². The highest BCUT2D eigenvalue weighted by atomic mass is 16.5. The summed E-state index contributed by atoms with van der Waals surface area (Å²) in [6, 6.07) is 9.46. The van der Waals surface area contributed by atoms with Gasteiger partial charge in [0.15, 0.2) is 0 Å². The molecule has 4 nitrogen and oxygen atoms in total. The van der Waals surface area contributed by atoms with Crippen molar-refractivity contribution in [2.75, 3.05) is 0 Å². The van der Waals surface area contributed by atoms with Crippen molar-refractivity contribution in [2.45, 2.75) is 32.4 Å². The molecule has 0 spiro atoms. The number of aliphatic hydroxyl groups excluding tert-OH is 1. The smallest absolute Gasteiger partial charge is 0.243 e. The van der Waals surface area contributed by atoms with Crippen molar-refractivity contribution in [1.82, 2.24) is 5.06 Å². The van der Waals surface area contributed by atoms with Crippen molar-refractivity contribution >= 4 is 12.0 Å². The van der Waals surface area contributed by atoms with E-state index in [4.69, 9.17) is 0 Å². The highest BCUT2D eigenvalue weighted by molar-refractivity contribution is 5.72. The average Bonchev–Trinajstić information content (AvgIpc) is 2.96. The minimum Gasteiger partial charge on any atom is -0.388 e.